The number of sulfonamides is 2. The third-order valence-electron chi connectivity index (χ3n) is 4.97. The molecular formula is C24H20ClN5O5S2. The number of hydrogen-bond acceptors (Lipinski definition) is 7. The van der Waals surface area contributed by atoms with Crippen LogP contribution in [0.25, 0.3) is 0 Å². The Morgan fingerprint density at radius 1 is 0.811 bits per heavy atom. The lowest BCUT2D eigenvalue weighted by Gasteiger charge is -2.11. The molecule has 0 spiro atoms. The first-order valence-electron chi connectivity index (χ1n) is 10.6. The monoisotopic (exact) mass is 557 g/mol. The van der Waals surface area contributed by atoms with E-state index in [4.69, 9.17) is 11.6 Å². The Labute approximate surface area is 218 Å². The summed E-state index contributed by atoms with van der Waals surface area (Å²) in [5.74, 6) is -0.579. The molecule has 0 unspecified atom stereocenters. The predicted octanol–water partition coefficient (Wildman–Crippen LogP) is 4.29. The van der Waals surface area contributed by atoms with E-state index in [-0.39, 0.29) is 32.0 Å². The molecule has 0 saturated heterocycles. The third kappa shape index (κ3) is 6.42. The van der Waals surface area contributed by atoms with E-state index in [1.807, 2.05) is 0 Å². The molecule has 0 bridgehead atoms. The fourth-order valence-corrected chi connectivity index (χ4v) is 5.48. The minimum Gasteiger partial charge on any atom is -0.322 e. The number of carbonyl (C=O) groups is 1. The van der Waals surface area contributed by atoms with Gasteiger partial charge in [-0.25, -0.2) is 31.5 Å². The standard InChI is InChI=1S/C24H20ClN5O5S2/c1-16-13-14-26-24(27-16)30-37(34,35)20-10-8-18(9-11-20)28-23(31)17-7-12-22(21(25)15-17)29-36(32,33)19-5-3-2-4-6-19/h2-15,29H,1H3,(H,28,31)(H,26,27,30). The highest BCUT2D eigenvalue weighted by Crippen LogP contribution is 2.26. The molecule has 0 atom stereocenters. The summed E-state index contributed by atoms with van der Waals surface area (Å²) in [6, 6.07) is 19.0. The van der Waals surface area contributed by atoms with Crippen molar-refractivity contribution in [1.82, 2.24) is 9.97 Å². The van der Waals surface area contributed by atoms with E-state index in [1.165, 1.54) is 60.8 Å². The molecule has 0 aliphatic rings. The SMILES string of the molecule is Cc1ccnc(NS(=O)(=O)c2ccc(NC(=O)c3ccc(NS(=O)(=O)c4ccccc4)c(Cl)c3)cc2)n1. The number of hydrogen-bond donors (Lipinski definition) is 3. The highest BCUT2D eigenvalue weighted by molar-refractivity contribution is 7.93. The molecule has 1 amide bonds. The summed E-state index contributed by atoms with van der Waals surface area (Å²) >= 11 is 6.23. The van der Waals surface area contributed by atoms with E-state index in [9.17, 15) is 21.6 Å². The maximum atomic E-state index is 12.7. The molecular weight excluding hydrogens is 538 g/mol. The number of aryl methyl sites for hydroxylation is 1. The Hall–Kier alpha value is -4.00. The van der Waals surface area contributed by atoms with Crippen LogP contribution in [0.3, 0.4) is 0 Å². The second kappa shape index (κ2) is 10.5. The molecule has 1 aromatic heterocycles. The van der Waals surface area contributed by atoms with Gasteiger partial charge in [0, 0.05) is 23.1 Å². The van der Waals surface area contributed by atoms with Crippen molar-refractivity contribution in [3.8, 4) is 0 Å². The molecule has 10 nitrogen and oxygen atoms in total. The van der Waals surface area contributed by atoms with Gasteiger partial charge in [0.15, 0.2) is 0 Å². The summed E-state index contributed by atoms with van der Waals surface area (Å²) in [4.78, 5) is 20.6. The Morgan fingerprint density at radius 3 is 2.11 bits per heavy atom. The van der Waals surface area contributed by atoms with Crippen LogP contribution in [0.5, 0.6) is 0 Å². The van der Waals surface area contributed by atoms with Gasteiger partial charge in [0.1, 0.15) is 0 Å². The van der Waals surface area contributed by atoms with Gasteiger partial charge < -0.3 is 5.32 Å². The van der Waals surface area contributed by atoms with Crippen LogP contribution in [0.15, 0.2) is 94.9 Å². The molecule has 0 aliphatic carbocycles. The van der Waals surface area contributed by atoms with E-state index >= 15 is 0 Å². The number of carbonyl (C=O) groups excluding carboxylic acids is 1. The summed E-state index contributed by atoms with van der Waals surface area (Å²) in [5, 5.41) is 2.66. The second-order valence-electron chi connectivity index (χ2n) is 7.72. The maximum Gasteiger partial charge on any atom is 0.264 e. The molecule has 0 saturated carbocycles. The van der Waals surface area contributed by atoms with Gasteiger partial charge in [-0.15, -0.1) is 0 Å². The zero-order valence-electron chi connectivity index (χ0n) is 19.2. The number of nitrogens with zero attached hydrogens (tertiary/aromatic N) is 2. The Balaban J connectivity index is 1.44. The smallest absolute Gasteiger partial charge is 0.264 e. The fraction of sp³-hybridized carbons (Fsp3) is 0.0417. The van der Waals surface area contributed by atoms with Crippen molar-refractivity contribution in [2.45, 2.75) is 16.7 Å². The lowest BCUT2D eigenvalue weighted by molar-refractivity contribution is 0.102. The van der Waals surface area contributed by atoms with Crippen LogP contribution in [-0.2, 0) is 20.0 Å². The van der Waals surface area contributed by atoms with Crippen molar-refractivity contribution in [1.29, 1.82) is 0 Å². The number of nitrogens with one attached hydrogen (secondary N) is 3. The van der Waals surface area contributed by atoms with Crippen LogP contribution < -0.4 is 14.8 Å². The fourth-order valence-electron chi connectivity index (χ4n) is 3.14. The van der Waals surface area contributed by atoms with Gasteiger partial charge >= 0.3 is 0 Å². The second-order valence-corrected chi connectivity index (χ2v) is 11.5. The van der Waals surface area contributed by atoms with Crippen LogP contribution in [0.2, 0.25) is 5.02 Å². The largest absolute Gasteiger partial charge is 0.322 e. The van der Waals surface area contributed by atoms with Crippen LogP contribution in [0.4, 0.5) is 17.3 Å². The van der Waals surface area contributed by atoms with E-state index in [0.717, 1.165) is 0 Å². The minimum absolute atomic E-state index is 0.0260. The van der Waals surface area contributed by atoms with Gasteiger partial charge in [-0.2, -0.15) is 0 Å². The maximum absolute atomic E-state index is 12.7. The van der Waals surface area contributed by atoms with Gasteiger partial charge in [-0.1, -0.05) is 29.8 Å². The van der Waals surface area contributed by atoms with E-state index in [2.05, 4.69) is 24.7 Å². The Morgan fingerprint density at radius 2 is 1.46 bits per heavy atom. The average Bonchev–Trinajstić information content (AvgIpc) is 2.86. The van der Waals surface area contributed by atoms with Crippen LogP contribution in [0, 0.1) is 6.92 Å². The molecule has 3 N–H and O–H groups in total. The van der Waals surface area contributed by atoms with E-state index < -0.39 is 26.0 Å². The number of amides is 1. The molecule has 190 valence electrons. The molecule has 0 aliphatic heterocycles. The van der Waals surface area contributed by atoms with Gasteiger partial charge in [-0.05, 0) is 67.6 Å². The number of benzene rings is 3. The van der Waals surface area contributed by atoms with Crippen LogP contribution in [-0.4, -0.2) is 32.7 Å². The molecule has 1 heterocycles. The summed E-state index contributed by atoms with van der Waals surface area (Å²) in [7, 11) is -7.79. The number of rotatable bonds is 8. The van der Waals surface area contributed by atoms with E-state index in [1.54, 1.807) is 31.2 Å². The first-order chi connectivity index (χ1) is 17.5. The zero-order valence-corrected chi connectivity index (χ0v) is 21.6. The lowest BCUT2D eigenvalue weighted by atomic mass is 10.2. The average molecular weight is 558 g/mol. The van der Waals surface area contributed by atoms with Crippen molar-refractivity contribution < 1.29 is 21.6 Å². The van der Waals surface area contributed by atoms with Crippen molar-refractivity contribution in [3.63, 3.8) is 0 Å². The molecule has 0 radical (unpaired) electrons. The quantitative estimate of drug-likeness (QED) is 0.293. The van der Waals surface area contributed by atoms with Crippen LogP contribution in [0.1, 0.15) is 16.1 Å². The first-order valence-corrected chi connectivity index (χ1v) is 14.0. The molecule has 0 fully saturated rings. The summed E-state index contributed by atoms with van der Waals surface area (Å²) < 4.78 is 54.9. The minimum atomic E-state index is -3.93. The summed E-state index contributed by atoms with van der Waals surface area (Å²) in [6.07, 6.45) is 1.44. The predicted molar refractivity (Wildman–Crippen MR) is 141 cm³/mol. The topological polar surface area (TPSA) is 147 Å². The van der Waals surface area contributed by atoms with Crippen LogP contribution >= 0.6 is 11.6 Å². The summed E-state index contributed by atoms with van der Waals surface area (Å²) in [6.45, 7) is 1.71. The number of aromatic nitrogens is 2. The van der Waals surface area contributed by atoms with Gasteiger partial charge in [0.25, 0.3) is 26.0 Å². The highest BCUT2D eigenvalue weighted by Gasteiger charge is 2.18. The first kappa shape index (κ1) is 26.1. The third-order valence-corrected chi connectivity index (χ3v) is 8.01. The molecule has 3 aromatic carbocycles. The van der Waals surface area contributed by atoms with Crippen molar-refractivity contribution in [3.05, 3.63) is 101 Å². The lowest BCUT2D eigenvalue weighted by Crippen LogP contribution is -2.16. The van der Waals surface area contributed by atoms with Crippen molar-refractivity contribution in [2.24, 2.45) is 0 Å². The number of anilines is 3. The molecule has 13 heteroatoms. The Bertz CT molecular complexity index is 1660. The molecule has 37 heavy (non-hydrogen) atoms. The molecule has 4 rings (SSSR count). The van der Waals surface area contributed by atoms with Gasteiger partial charge in [-0.3, -0.25) is 9.52 Å². The van der Waals surface area contributed by atoms with Gasteiger partial charge in [0.2, 0.25) is 5.95 Å². The Kier molecular flexibility index (Phi) is 7.43. The molecule has 4 aromatic rings. The number of halogens is 1. The van der Waals surface area contributed by atoms with Crippen molar-refractivity contribution >= 4 is 54.9 Å². The van der Waals surface area contributed by atoms with Crippen molar-refractivity contribution in [2.75, 3.05) is 14.8 Å². The van der Waals surface area contributed by atoms with Gasteiger partial charge in [0.05, 0.1) is 20.5 Å². The summed E-state index contributed by atoms with van der Waals surface area (Å²) in [5.41, 5.74) is 1.22. The zero-order chi connectivity index (χ0) is 26.6. The highest BCUT2D eigenvalue weighted by atomic mass is 35.5. The normalized spacial score (nSPS) is 11.5. The van der Waals surface area contributed by atoms with E-state index in [0.29, 0.717) is 11.4 Å².